The highest BCUT2D eigenvalue weighted by Gasteiger charge is 2.33. The molecule has 0 aromatic heterocycles. The van der Waals surface area contributed by atoms with E-state index in [9.17, 15) is 0 Å². The average Bonchev–Trinajstić information content (AvgIpc) is 3.07. The van der Waals surface area contributed by atoms with Gasteiger partial charge in [0.25, 0.3) is 0 Å². The van der Waals surface area contributed by atoms with Crippen molar-refractivity contribution in [2.24, 2.45) is 0 Å². The molecule has 0 spiro atoms. The molecular formula is C18H25N3O2. The minimum atomic E-state index is -0.117. The topological polar surface area (TPSA) is 37.0 Å². The largest absolute Gasteiger partial charge is 0.487 e. The number of ether oxygens (including phenoxy) is 2. The van der Waals surface area contributed by atoms with Gasteiger partial charge in [-0.3, -0.25) is 0 Å². The van der Waals surface area contributed by atoms with Gasteiger partial charge in [-0.05, 0) is 26.8 Å². The standard InChI is InChI=1S/C18H25N3O2/c1-13-19-4-5-21(13)16-10-14-12-18(2,3)23-17(14)11-15(16)20-6-8-22-9-7-20/h4-5,10-11,13,19H,6-9,12H2,1-3H3. The molecule has 124 valence electrons. The molecule has 3 aliphatic rings. The van der Waals surface area contributed by atoms with E-state index in [1.807, 2.05) is 6.20 Å². The molecule has 0 amide bonds. The second kappa shape index (κ2) is 5.34. The van der Waals surface area contributed by atoms with Gasteiger partial charge in [-0.15, -0.1) is 0 Å². The van der Waals surface area contributed by atoms with Crippen molar-refractivity contribution in [2.75, 3.05) is 36.1 Å². The molecule has 1 aromatic rings. The summed E-state index contributed by atoms with van der Waals surface area (Å²) >= 11 is 0. The summed E-state index contributed by atoms with van der Waals surface area (Å²) in [7, 11) is 0. The predicted molar refractivity (Wildman–Crippen MR) is 92.1 cm³/mol. The van der Waals surface area contributed by atoms with E-state index in [2.05, 4.69) is 54.2 Å². The highest BCUT2D eigenvalue weighted by Crippen LogP contribution is 2.43. The van der Waals surface area contributed by atoms with Gasteiger partial charge in [0.15, 0.2) is 0 Å². The second-order valence-electron chi connectivity index (χ2n) is 7.15. The highest BCUT2D eigenvalue weighted by atomic mass is 16.5. The van der Waals surface area contributed by atoms with Crippen LogP contribution >= 0.6 is 0 Å². The van der Waals surface area contributed by atoms with E-state index in [0.29, 0.717) is 0 Å². The van der Waals surface area contributed by atoms with E-state index in [1.165, 1.54) is 16.9 Å². The molecule has 5 heteroatoms. The Hall–Kier alpha value is -1.88. The molecule has 3 heterocycles. The lowest BCUT2D eigenvalue weighted by Crippen LogP contribution is -2.38. The minimum absolute atomic E-state index is 0.117. The summed E-state index contributed by atoms with van der Waals surface area (Å²) in [5.41, 5.74) is 3.67. The van der Waals surface area contributed by atoms with Crippen LogP contribution in [-0.4, -0.2) is 38.1 Å². The third kappa shape index (κ3) is 2.63. The summed E-state index contributed by atoms with van der Waals surface area (Å²) in [6.45, 7) is 9.90. The zero-order valence-electron chi connectivity index (χ0n) is 14.1. The van der Waals surface area contributed by atoms with Gasteiger partial charge in [-0.2, -0.15) is 0 Å². The summed E-state index contributed by atoms with van der Waals surface area (Å²) in [6, 6.07) is 4.53. The second-order valence-corrected chi connectivity index (χ2v) is 7.15. The van der Waals surface area contributed by atoms with E-state index >= 15 is 0 Å². The third-order valence-electron chi connectivity index (χ3n) is 4.78. The van der Waals surface area contributed by atoms with Crippen molar-refractivity contribution in [1.29, 1.82) is 0 Å². The molecule has 4 rings (SSSR count). The summed E-state index contributed by atoms with van der Waals surface area (Å²) < 4.78 is 11.7. The van der Waals surface area contributed by atoms with Crippen LogP contribution in [0.25, 0.3) is 0 Å². The van der Waals surface area contributed by atoms with Crippen molar-refractivity contribution in [3.63, 3.8) is 0 Å². The molecule has 3 aliphatic heterocycles. The molecule has 0 saturated carbocycles. The van der Waals surface area contributed by atoms with Gasteiger partial charge in [0.05, 0.1) is 24.6 Å². The van der Waals surface area contributed by atoms with Gasteiger partial charge in [-0.1, -0.05) is 0 Å². The zero-order valence-corrected chi connectivity index (χ0v) is 14.1. The van der Waals surface area contributed by atoms with Crippen LogP contribution in [0.3, 0.4) is 0 Å². The van der Waals surface area contributed by atoms with E-state index in [4.69, 9.17) is 9.47 Å². The Morgan fingerprint density at radius 2 is 1.96 bits per heavy atom. The first-order chi connectivity index (χ1) is 11.0. The van der Waals surface area contributed by atoms with E-state index in [0.717, 1.165) is 38.5 Å². The zero-order chi connectivity index (χ0) is 16.0. The summed E-state index contributed by atoms with van der Waals surface area (Å²) in [4.78, 5) is 4.71. The number of hydrogen-bond donors (Lipinski definition) is 1. The molecule has 0 aliphatic carbocycles. The molecule has 1 N–H and O–H groups in total. The number of nitrogens with zero attached hydrogens (tertiary/aromatic N) is 2. The van der Waals surface area contributed by atoms with Gasteiger partial charge in [-0.25, -0.2) is 0 Å². The lowest BCUT2D eigenvalue weighted by Gasteiger charge is -2.34. The fourth-order valence-electron chi connectivity index (χ4n) is 3.65. The Morgan fingerprint density at radius 3 is 2.65 bits per heavy atom. The van der Waals surface area contributed by atoms with Crippen molar-refractivity contribution in [3.8, 4) is 5.75 Å². The lowest BCUT2D eigenvalue weighted by atomic mass is 10.0. The summed E-state index contributed by atoms with van der Waals surface area (Å²) in [5.74, 6) is 1.03. The number of anilines is 2. The van der Waals surface area contributed by atoms with Crippen LogP contribution in [0.2, 0.25) is 0 Å². The Balaban J connectivity index is 1.77. The van der Waals surface area contributed by atoms with Gasteiger partial charge in [0, 0.05) is 43.5 Å². The number of nitrogens with one attached hydrogen (secondary N) is 1. The SMILES string of the molecule is CC1NC=CN1c1cc2c(cc1N1CCOCC1)OC(C)(C)C2. The Morgan fingerprint density at radius 1 is 1.17 bits per heavy atom. The van der Waals surface area contributed by atoms with Crippen molar-refractivity contribution in [2.45, 2.75) is 39.0 Å². The molecule has 0 bridgehead atoms. The minimum Gasteiger partial charge on any atom is -0.487 e. The van der Waals surface area contributed by atoms with Crippen LogP contribution < -0.4 is 19.9 Å². The quantitative estimate of drug-likeness (QED) is 0.907. The van der Waals surface area contributed by atoms with Gasteiger partial charge < -0.3 is 24.6 Å². The molecule has 0 radical (unpaired) electrons. The van der Waals surface area contributed by atoms with Gasteiger partial charge >= 0.3 is 0 Å². The molecule has 1 atom stereocenters. The maximum Gasteiger partial charge on any atom is 0.125 e. The Bertz CT molecular complexity index is 635. The average molecular weight is 315 g/mol. The van der Waals surface area contributed by atoms with E-state index < -0.39 is 0 Å². The number of morpholine rings is 1. The Kier molecular flexibility index (Phi) is 3.41. The first-order valence-corrected chi connectivity index (χ1v) is 8.43. The van der Waals surface area contributed by atoms with Crippen molar-refractivity contribution in [1.82, 2.24) is 5.32 Å². The monoisotopic (exact) mass is 315 g/mol. The molecule has 5 nitrogen and oxygen atoms in total. The normalized spacial score (nSPS) is 25.3. The third-order valence-corrected chi connectivity index (χ3v) is 4.78. The molecule has 23 heavy (non-hydrogen) atoms. The fourth-order valence-corrected chi connectivity index (χ4v) is 3.65. The summed E-state index contributed by atoms with van der Waals surface area (Å²) in [6.07, 6.45) is 5.36. The fraction of sp³-hybridized carbons (Fsp3) is 0.556. The summed E-state index contributed by atoms with van der Waals surface area (Å²) in [5, 5.41) is 3.35. The van der Waals surface area contributed by atoms with Crippen LogP contribution in [0.5, 0.6) is 5.75 Å². The molecular weight excluding hydrogens is 290 g/mol. The van der Waals surface area contributed by atoms with Gasteiger partial charge in [0.2, 0.25) is 0 Å². The number of hydrogen-bond acceptors (Lipinski definition) is 5. The maximum absolute atomic E-state index is 6.16. The van der Waals surface area contributed by atoms with Crippen LogP contribution in [0.15, 0.2) is 24.5 Å². The van der Waals surface area contributed by atoms with Crippen LogP contribution in [0.4, 0.5) is 11.4 Å². The first kappa shape index (κ1) is 14.7. The Labute approximate surface area is 137 Å². The van der Waals surface area contributed by atoms with E-state index in [1.54, 1.807) is 0 Å². The molecule has 1 saturated heterocycles. The van der Waals surface area contributed by atoms with Crippen LogP contribution in [0.1, 0.15) is 26.3 Å². The molecule has 1 unspecified atom stereocenters. The van der Waals surface area contributed by atoms with Crippen molar-refractivity contribution >= 4 is 11.4 Å². The van der Waals surface area contributed by atoms with Crippen molar-refractivity contribution < 1.29 is 9.47 Å². The van der Waals surface area contributed by atoms with E-state index in [-0.39, 0.29) is 11.8 Å². The van der Waals surface area contributed by atoms with Crippen LogP contribution in [0, 0.1) is 0 Å². The first-order valence-electron chi connectivity index (χ1n) is 8.43. The maximum atomic E-state index is 6.16. The highest BCUT2D eigenvalue weighted by molar-refractivity contribution is 5.77. The number of benzene rings is 1. The number of rotatable bonds is 2. The van der Waals surface area contributed by atoms with Crippen LogP contribution in [-0.2, 0) is 11.2 Å². The smallest absolute Gasteiger partial charge is 0.125 e. The lowest BCUT2D eigenvalue weighted by molar-refractivity contribution is 0.122. The molecule has 1 aromatic carbocycles. The van der Waals surface area contributed by atoms with Crippen molar-refractivity contribution in [3.05, 3.63) is 30.1 Å². The predicted octanol–water partition coefficient (Wildman–Crippen LogP) is 2.46. The number of fused-ring (bicyclic) bond motifs is 1. The van der Waals surface area contributed by atoms with Gasteiger partial charge in [0.1, 0.15) is 17.5 Å². The molecule has 1 fully saturated rings.